The molecule has 0 bridgehead atoms. The van der Waals surface area contributed by atoms with E-state index < -0.39 is 5.97 Å². The van der Waals surface area contributed by atoms with Crippen LogP contribution in [0.4, 0.5) is 0 Å². The normalized spacial score (nSPS) is 13.8. The van der Waals surface area contributed by atoms with Crippen molar-refractivity contribution in [1.82, 2.24) is 4.90 Å². The molecular formula is C15H19NO4. The summed E-state index contributed by atoms with van der Waals surface area (Å²) in [6.07, 6.45) is 2.43. The molecule has 5 heteroatoms. The number of benzene rings is 1. The molecular weight excluding hydrogens is 258 g/mol. The molecule has 0 saturated heterocycles. The molecule has 1 N–H and O–H groups in total. The van der Waals surface area contributed by atoms with Crippen LogP contribution in [0.25, 0.3) is 0 Å². The van der Waals surface area contributed by atoms with Crippen LogP contribution in [0.15, 0.2) is 24.3 Å². The quantitative estimate of drug-likeness (QED) is 0.828. The number of nitrogens with zero attached hydrogens (tertiary/aromatic N) is 1. The molecule has 0 aromatic heterocycles. The molecule has 1 aliphatic carbocycles. The minimum absolute atomic E-state index is 0.0508. The van der Waals surface area contributed by atoms with Gasteiger partial charge < -0.3 is 14.7 Å². The summed E-state index contributed by atoms with van der Waals surface area (Å²) < 4.78 is 5.60. The van der Waals surface area contributed by atoms with E-state index in [0.717, 1.165) is 12.4 Å². The summed E-state index contributed by atoms with van der Waals surface area (Å²) in [5.41, 5.74) is 0.539. The zero-order valence-electron chi connectivity index (χ0n) is 11.5. The fourth-order valence-electron chi connectivity index (χ4n) is 1.78. The van der Waals surface area contributed by atoms with Gasteiger partial charge in [0.2, 0.25) is 0 Å². The first-order chi connectivity index (χ1) is 9.56. The first-order valence-corrected chi connectivity index (χ1v) is 6.76. The molecule has 0 unspecified atom stereocenters. The molecule has 1 aromatic rings. The summed E-state index contributed by atoms with van der Waals surface area (Å²) in [7, 11) is 1.60. The third-order valence-corrected chi connectivity index (χ3v) is 3.29. The predicted molar refractivity (Wildman–Crippen MR) is 73.9 cm³/mol. The summed E-state index contributed by atoms with van der Waals surface area (Å²) >= 11 is 0. The fourth-order valence-corrected chi connectivity index (χ4v) is 1.78. The molecule has 1 aromatic carbocycles. The topological polar surface area (TPSA) is 66.8 Å². The molecule has 1 saturated carbocycles. The van der Waals surface area contributed by atoms with E-state index >= 15 is 0 Å². The Hall–Kier alpha value is -2.04. The van der Waals surface area contributed by atoms with E-state index in [2.05, 4.69) is 0 Å². The molecule has 20 heavy (non-hydrogen) atoms. The molecule has 1 aliphatic rings. The zero-order chi connectivity index (χ0) is 14.5. The van der Waals surface area contributed by atoms with Gasteiger partial charge in [-0.1, -0.05) is 0 Å². The van der Waals surface area contributed by atoms with Crippen LogP contribution in [0.1, 0.15) is 29.6 Å². The van der Waals surface area contributed by atoms with Crippen molar-refractivity contribution in [1.29, 1.82) is 0 Å². The van der Waals surface area contributed by atoms with Gasteiger partial charge in [0.25, 0.3) is 5.91 Å². The number of carboxylic acids is 1. The fraction of sp³-hybridized carbons (Fsp3) is 0.467. The lowest BCUT2D eigenvalue weighted by molar-refractivity contribution is -0.137. The molecule has 1 amide bonds. The number of rotatable bonds is 7. The Morgan fingerprint density at radius 3 is 2.50 bits per heavy atom. The van der Waals surface area contributed by atoms with Crippen LogP contribution in [-0.2, 0) is 4.79 Å². The molecule has 5 nitrogen and oxygen atoms in total. The van der Waals surface area contributed by atoms with Crippen LogP contribution < -0.4 is 4.74 Å². The van der Waals surface area contributed by atoms with Gasteiger partial charge in [0.05, 0.1) is 13.0 Å². The highest BCUT2D eigenvalue weighted by Crippen LogP contribution is 2.29. The van der Waals surface area contributed by atoms with Crippen LogP contribution in [0.2, 0.25) is 0 Å². The average Bonchev–Trinajstić information content (AvgIpc) is 3.26. The number of aliphatic carboxylic acids is 1. The van der Waals surface area contributed by atoms with Crippen molar-refractivity contribution >= 4 is 11.9 Å². The lowest BCUT2D eigenvalue weighted by Crippen LogP contribution is -2.28. The molecule has 0 radical (unpaired) electrons. The Balaban J connectivity index is 1.86. The second-order valence-electron chi connectivity index (χ2n) is 5.15. The maximum absolute atomic E-state index is 12.0. The second kappa shape index (κ2) is 6.41. The number of hydrogen-bond acceptors (Lipinski definition) is 3. The molecule has 0 atom stereocenters. The Labute approximate surface area is 118 Å². The molecule has 0 aliphatic heterocycles. The van der Waals surface area contributed by atoms with Gasteiger partial charge in [0, 0.05) is 19.2 Å². The molecule has 108 valence electrons. The first-order valence-electron chi connectivity index (χ1n) is 6.76. The van der Waals surface area contributed by atoms with Crippen LogP contribution >= 0.6 is 0 Å². The van der Waals surface area contributed by atoms with Gasteiger partial charge in [-0.2, -0.15) is 0 Å². The summed E-state index contributed by atoms with van der Waals surface area (Å²) in [5.74, 6) is 0.369. The summed E-state index contributed by atoms with van der Waals surface area (Å²) in [4.78, 5) is 23.9. The smallest absolute Gasteiger partial charge is 0.305 e. The van der Waals surface area contributed by atoms with Crippen molar-refractivity contribution in [2.24, 2.45) is 5.92 Å². The van der Waals surface area contributed by atoms with E-state index in [1.807, 2.05) is 0 Å². The number of hydrogen-bond donors (Lipinski definition) is 1. The summed E-state index contributed by atoms with van der Waals surface area (Å²) in [6, 6.07) is 6.98. The summed E-state index contributed by atoms with van der Waals surface area (Å²) in [6.45, 7) is 0.944. The van der Waals surface area contributed by atoms with Gasteiger partial charge in [-0.25, -0.2) is 0 Å². The van der Waals surface area contributed by atoms with Gasteiger partial charge in [0.15, 0.2) is 0 Å². The number of carboxylic acid groups (broad SMARTS) is 1. The zero-order valence-corrected chi connectivity index (χ0v) is 11.5. The lowest BCUT2D eigenvalue weighted by atomic mass is 10.2. The minimum Gasteiger partial charge on any atom is -0.493 e. The molecule has 0 spiro atoms. The van der Waals surface area contributed by atoms with Crippen molar-refractivity contribution in [2.45, 2.75) is 19.3 Å². The minimum atomic E-state index is -0.909. The monoisotopic (exact) mass is 277 g/mol. The van der Waals surface area contributed by atoms with Gasteiger partial charge in [-0.3, -0.25) is 9.59 Å². The maximum Gasteiger partial charge on any atom is 0.305 e. The number of amides is 1. The van der Waals surface area contributed by atoms with Crippen LogP contribution in [0.3, 0.4) is 0 Å². The number of carbonyl (C=O) groups excluding carboxylic acids is 1. The lowest BCUT2D eigenvalue weighted by Gasteiger charge is -2.16. The van der Waals surface area contributed by atoms with Gasteiger partial charge in [0.1, 0.15) is 5.75 Å². The van der Waals surface area contributed by atoms with E-state index in [0.29, 0.717) is 11.5 Å². The third kappa shape index (κ3) is 4.26. The van der Waals surface area contributed by atoms with E-state index in [-0.39, 0.29) is 18.9 Å². The van der Waals surface area contributed by atoms with Crippen LogP contribution in [0, 0.1) is 5.92 Å². The van der Waals surface area contributed by atoms with Gasteiger partial charge in [-0.15, -0.1) is 0 Å². The van der Waals surface area contributed by atoms with E-state index in [4.69, 9.17) is 9.84 Å². The number of ether oxygens (including phenoxy) is 1. The van der Waals surface area contributed by atoms with E-state index in [9.17, 15) is 9.59 Å². The summed E-state index contributed by atoms with van der Waals surface area (Å²) in [5, 5.41) is 8.61. The standard InChI is InChI=1S/C15H19NO4/c1-16(9-8-14(17)18)15(19)12-4-6-13(7-5-12)20-10-11-2-3-11/h4-7,11H,2-3,8-10H2,1H3,(H,17,18). The van der Waals surface area contributed by atoms with Crippen LogP contribution in [0.5, 0.6) is 5.75 Å². The highest BCUT2D eigenvalue weighted by atomic mass is 16.5. The molecule has 0 heterocycles. The van der Waals surface area contributed by atoms with Crippen molar-refractivity contribution in [3.05, 3.63) is 29.8 Å². The van der Waals surface area contributed by atoms with Crippen molar-refractivity contribution in [3.8, 4) is 5.75 Å². The third-order valence-electron chi connectivity index (χ3n) is 3.29. The largest absolute Gasteiger partial charge is 0.493 e. The Morgan fingerprint density at radius 1 is 1.30 bits per heavy atom. The van der Waals surface area contributed by atoms with E-state index in [1.54, 1.807) is 31.3 Å². The molecule has 2 rings (SSSR count). The van der Waals surface area contributed by atoms with Crippen LogP contribution in [-0.4, -0.2) is 42.1 Å². The SMILES string of the molecule is CN(CCC(=O)O)C(=O)c1ccc(OCC2CC2)cc1. The Morgan fingerprint density at radius 2 is 1.95 bits per heavy atom. The van der Waals surface area contributed by atoms with Crippen molar-refractivity contribution in [2.75, 3.05) is 20.2 Å². The Kier molecular flexibility index (Phi) is 4.61. The number of carbonyl (C=O) groups is 2. The van der Waals surface area contributed by atoms with Crippen molar-refractivity contribution < 1.29 is 19.4 Å². The van der Waals surface area contributed by atoms with Gasteiger partial charge >= 0.3 is 5.97 Å². The van der Waals surface area contributed by atoms with E-state index in [1.165, 1.54) is 17.7 Å². The average molecular weight is 277 g/mol. The first kappa shape index (κ1) is 14.4. The highest BCUT2D eigenvalue weighted by molar-refractivity contribution is 5.94. The second-order valence-corrected chi connectivity index (χ2v) is 5.15. The van der Waals surface area contributed by atoms with Gasteiger partial charge in [-0.05, 0) is 43.0 Å². The highest BCUT2D eigenvalue weighted by Gasteiger charge is 2.22. The predicted octanol–water partition coefficient (Wildman–Crippen LogP) is 2.02. The van der Waals surface area contributed by atoms with Crippen molar-refractivity contribution in [3.63, 3.8) is 0 Å². The Bertz CT molecular complexity index is 479. The maximum atomic E-state index is 12.0. The molecule has 1 fully saturated rings.